The Hall–Kier alpha value is -1.40. The highest BCUT2D eigenvalue weighted by molar-refractivity contribution is 7.17. The fourth-order valence-electron chi connectivity index (χ4n) is 2.33. The monoisotopic (exact) mass is 295 g/mol. The lowest BCUT2D eigenvalue weighted by molar-refractivity contribution is -0.118. The molecule has 5 nitrogen and oxygen atoms in total. The van der Waals surface area contributed by atoms with Gasteiger partial charge in [0.1, 0.15) is 5.00 Å². The number of primary amides is 1. The van der Waals surface area contributed by atoms with Gasteiger partial charge in [-0.25, -0.2) is 0 Å². The zero-order chi connectivity index (χ0) is 14.9. The molecule has 3 N–H and O–H groups in total. The van der Waals surface area contributed by atoms with E-state index in [1.807, 2.05) is 13.8 Å². The van der Waals surface area contributed by atoms with Crippen LogP contribution in [-0.4, -0.2) is 29.8 Å². The number of rotatable bonds is 4. The predicted octanol–water partition coefficient (Wildman–Crippen LogP) is 1.82. The van der Waals surface area contributed by atoms with Crippen molar-refractivity contribution >= 4 is 28.2 Å². The van der Waals surface area contributed by atoms with Crippen LogP contribution in [0.15, 0.2) is 0 Å². The van der Waals surface area contributed by atoms with Gasteiger partial charge in [0.15, 0.2) is 0 Å². The van der Waals surface area contributed by atoms with Crippen LogP contribution in [0.3, 0.4) is 0 Å². The van der Waals surface area contributed by atoms with Crippen molar-refractivity contribution in [2.24, 2.45) is 11.7 Å². The van der Waals surface area contributed by atoms with E-state index < -0.39 is 5.91 Å². The summed E-state index contributed by atoms with van der Waals surface area (Å²) in [7, 11) is 0. The van der Waals surface area contributed by atoms with E-state index in [-0.39, 0.29) is 11.8 Å². The van der Waals surface area contributed by atoms with Gasteiger partial charge in [-0.2, -0.15) is 0 Å². The number of amides is 2. The molecule has 0 saturated heterocycles. The number of hydrogen-bond acceptors (Lipinski definition) is 4. The molecule has 0 aromatic carbocycles. The van der Waals surface area contributed by atoms with Crippen molar-refractivity contribution in [3.8, 4) is 0 Å². The number of likely N-dealkylation sites (N-methyl/N-ethyl adjacent to an activating group) is 1. The highest BCUT2D eigenvalue weighted by Gasteiger charge is 2.27. The molecule has 110 valence electrons. The maximum Gasteiger partial charge on any atom is 0.251 e. The number of fused-ring (bicyclic) bond motifs is 1. The van der Waals surface area contributed by atoms with E-state index in [1.165, 1.54) is 11.3 Å². The highest BCUT2D eigenvalue weighted by atomic mass is 32.1. The second-order valence-corrected chi connectivity index (χ2v) is 6.44. The van der Waals surface area contributed by atoms with Crippen molar-refractivity contribution < 1.29 is 9.59 Å². The van der Waals surface area contributed by atoms with Crippen molar-refractivity contribution in [2.45, 2.75) is 33.7 Å². The number of carbonyl (C=O) groups excluding carboxylic acids is 2. The van der Waals surface area contributed by atoms with E-state index in [0.717, 1.165) is 36.5 Å². The van der Waals surface area contributed by atoms with Gasteiger partial charge in [-0.05, 0) is 18.5 Å². The van der Waals surface area contributed by atoms with Gasteiger partial charge in [0.05, 0.1) is 5.56 Å². The molecule has 1 aromatic heterocycles. The lowest BCUT2D eigenvalue weighted by Gasteiger charge is -2.25. The van der Waals surface area contributed by atoms with Crippen LogP contribution in [0, 0.1) is 5.92 Å². The molecular formula is C14H21N3O2S. The molecule has 20 heavy (non-hydrogen) atoms. The number of thiophene rings is 1. The molecule has 1 aliphatic rings. The van der Waals surface area contributed by atoms with Crippen LogP contribution in [0.4, 0.5) is 5.00 Å². The Balaban J connectivity index is 2.35. The van der Waals surface area contributed by atoms with Gasteiger partial charge in [0, 0.05) is 23.9 Å². The van der Waals surface area contributed by atoms with Gasteiger partial charge in [-0.15, -0.1) is 11.3 Å². The number of anilines is 1. The van der Waals surface area contributed by atoms with Gasteiger partial charge < -0.3 is 11.1 Å². The lowest BCUT2D eigenvalue weighted by Crippen LogP contribution is -2.30. The van der Waals surface area contributed by atoms with Crippen molar-refractivity contribution in [1.82, 2.24) is 4.90 Å². The normalized spacial score (nSPS) is 15.2. The quantitative estimate of drug-likeness (QED) is 0.889. The van der Waals surface area contributed by atoms with Crippen LogP contribution < -0.4 is 11.1 Å². The van der Waals surface area contributed by atoms with E-state index >= 15 is 0 Å². The van der Waals surface area contributed by atoms with Gasteiger partial charge in [0.2, 0.25) is 5.91 Å². The van der Waals surface area contributed by atoms with Crippen LogP contribution in [0.5, 0.6) is 0 Å². The van der Waals surface area contributed by atoms with Crippen LogP contribution in [0.1, 0.15) is 41.6 Å². The fourth-order valence-corrected chi connectivity index (χ4v) is 3.63. The molecule has 0 bridgehead atoms. The van der Waals surface area contributed by atoms with Crippen molar-refractivity contribution in [1.29, 1.82) is 0 Å². The maximum atomic E-state index is 11.9. The Morgan fingerprint density at radius 3 is 2.70 bits per heavy atom. The first-order valence-electron chi connectivity index (χ1n) is 6.91. The molecule has 2 amide bonds. The summed E-state index contributed by atoms with van der Waals surface area (Å²) in [4.78, 5) is 27.0. The number of carbonyl (C=O) groups is 2. The molecule has 0 atom stereocenters. The van der Waals surface area contributed by atoms with E-state index in [9.17, 15) is 9.59 Å². The summed E-state index contributed by atoms with van der Waals surface area (Å²) in [6, 6.07) is 0. The lowest BCUT2D eigenvalue weighted by atomic mass is 10.0. The molecule has 2 rings (SSSR count). The summed E-state index contributed by atoms with van der Waals surface area (Å²) in [6.45, 7) is 8.51. The highest BCUT2D eigenvalue weighted by Crippen LogP contribution is 2.37. The van der Waals surface area contributed by atoms with Crippen molar-refractivity contribution in [3.63, 3.8) is 0 Å². The van der Waals surface area contributed by atoms with Gasteiger partial charge in [0.25, 0.3) is 5.91 Å². The first-order valence-corrected chi connectivity index (χ1v) is 7.73. The molecular weight excluding hydrogens is 274 g/mol. The summed E-state index contributed by atoms with van der Waals surface area (Å²) >= 11 is 1.48. The number of nitrogens with zero attached hydrogens (tertiary/aromatic N) is 1. The molecule has 0 radical (unpaired) electrons. The number of nitrogens with two attached hydrogens (primary N) is 1. The Bertz CT molecular complexity index is 537. The summed E-state index contributed by atoms with van der Waals surface area (Å²) < 4.78 is 0. The molecule has 0 saturated carbocycles. The molecule has 2 heterocycles. The predicted molar refractivity (Wildman–Crippen MR) is 81.0 cm³/mol. The maximum absolute atomic E-state index is 11.9. The second-order valence-electron chi connectivity index (χ2n) is 5.33. The summed E-state index contributed by atoms with van der Waals surface area (Å²) in [6.07, 6.45) is 0.815. The number of hydrogen-bond donors (Lipinski definition) is 2. The third kappa shape index (κ3) is 2.86. The van der Waals surface area contributed by atoms with Crippen LogP contribution >= 0.6 is 11.3 Å². The Kier molecular flexibility index (Phi) is 4.45. The number of nitrogens with one attached hydrogen (secondary N) is 1. The van der Waals surface area contributed by atoms with Crippen LogP contribution in [0.2, 0.25) is 0 Å². The van der Waals surface area contributed by atoms with Crippen LogP contribution in [0.25, 0.3) is 0 Å². The Labute approximate surface area is 123 Å². The van der Waals surface area contributed by atoms with Gasteiger partial charge >= 0.3 is 0 Å². The average molecular weight is 295 g/mol. The van der Waals surface area contributed by atoms with E-state index in [1.54, 1.807) is 0 Å². The standard InChI is InChI=1S/C14H21N3O2S/c1-4-17-6-5-9-10(7-17)20-14(11(9)12(15)18)16-13(19)8(2)3/h8H,4-7H2,1-3H3,(H2,15,18)(H,16,19). The molecule has 6 heteroatoms. The molecule has 0 aliphatic carbocycles. The third-order valence-corrected chi connectivity index (χ3v) is 4.72. The molecule has 0 spiro atoms. The van der Waals surface area contributed by atoms with Crippen LogP contribution in [-0.2, 0) is 17.8 Å². The minimum atomic E-state index is -0.452. The molecule has 0 unspecified atom stereocenters. The zero-order valence-electron chi connectivity index (χ0n) is 12.2. The van der Waals surface area contributed by atoms with Crippen molar-refractivity contribution in [2.75, 3.05) is 18.4 Å². The minimum Gasteiger partial charge on any atom is -0.365 e. The molecule has 1 aromatic rings. The molecule has 0 fully saturated rings. The summed E-state index contributed by atoms with van der Waals surface area (Å²) in [5, 5.41) is 3.45. The first kappa shape index (κ1) is 15.0. The second kappa shape index (κ2) is 5.93. The average Bonchev–Trinajstić information content (AvgIpc) is 2.75. The molecule has 1 aliphatic heterocycles. The van der Waals surface area contributed by atoms with Crippen molar-refractivity contribution in [3.05, 3.63) is 16.0 Å². The fraction of sp³-hybridized carbons (Fsp3) is 0.571. The van der Waals surface area contributed by atoms with Gasteiger partial charge in [-0.3, -0.25) is 14.5 Å². The largest absolute Gasteiger partial charge is 0.365 e. The SMILES string of the molecule is CCN1CCc2c(sc(NC(=O)C(C)C)c2C(N)=O)C1. The van der Waals surface area contributed by atoms with E-state index in [2.05, 4.69) is 17.1 Å². The smallest absolute Gasteiger partial charge is 0.251 e. The Morgan fingerprint density at radius 2 is 2.15 bits per heavy atom. The minimum absolute atomic E-state index is 0.0848. The zero-order valence-corrected chi connectivity index (χ0v) is 13.0. The Morgan fingerprint density at radius 1 is 1.45 bits per heavy atom. The summed E-state index contributed by atoms with van der Waals surface area (Å²) in [5.41, 5.74) is 7.03. The van der Waals surface area contributed by atoms with E-state index in [0.29, 0.717) is 10.6 Å². The van der Waals surface area contributed by atoms with Gasteiger partial charge in [-0.1, -0.05) is 20.8 Å². The summed E-state index contributed by atoms with van der Waals surface area (Å²) in [5.74, 6) is -0.660. The van der Waals surface area contributed by atoms with E-state index in [4.69, 9.17) is 5.73 Å². The first-order chi connectivity index (χ1) is 9.43. The third-order valence-electron chi connectivity index (χ3n) is 3.59. The topological polar surface area (TPSA) is 75.4 Å².